The topological polar surface area (TPSA) is 93.1 Å². The predicted molar refractivity (Wildman–Crippen MR) is 98.7 cm³/mol. The van der Waals surface area contributed by atoms with Gasteiger partial charge in [0.1, 0.15) is 17.6 Å². The van der Waals surface area contributed by atoms with Gasteiger partial charge in [0.05, 0.1) is 25.3 Å². The first kappa shape index (κ1) is 19.3. The second kappa shape index (κ2) is 8.08. The Balaban J connectivity index is 1.68. The van der Waals surface area contributed by atoms with E-state index in [1.54, 1.807) is 12.1 Å². The highest BCUT2D eigenvalue weighted by atomic mass is 32.2. The van der Waals surface area contributed by atoms with Crippen LogP contribution < -0.4 is 4.74 Å². The first-order valence-corrected chi connectivity index (χ1v) is 10.3. The first-order valence-electron chi connectivity index (χ1n) is 8.46. The summed E-state index contributed by atoms with van der Waals surface area (Å²) in [6, 6.07) is 15.9. The Bertz CT molecular complexity index is 882. The molecule has 144 valence electrons. The van der Waals surface area contributed by atoms with E-state index in [0.29, 0.717) is 5.75 Å². The molecule has 2 unspecified atom stereocenters. The van der Waals surface area contributed by atoms with E-state index in [2.05, 4.69) is 0 Å². The quantitative estimate of drug-likeness (QED) is 0.725. The molecule has 2 aromatic rings. The lowest BCUT2D eigenvalue weighted by Crippen LogP contribution is -2.40. The van der Waals surface area contributed by atoms with Crippen molar-refractivity contribution in [1.29, 1.82) is 0 Å². The van der Waals surface area contributed by atoms with Gasteiger partial charge in [-0.15, -0.1) is 0 Å². The van der Waals surface area contributed by atoms with Crippen molar-refractivity contribution in [3.63, 3.8) is 0 Å². The number of nitrogens with zero attached hydrogens (tertiary/aromatic N) is 1. The molecule has 1 amide bonds. The standard InChI is InChI=1S/C19H21NO6S/c1-27(23,24)26-18-11-19(22)20(17(18)13-21)12-14-7-9-16(10-8-14)25-15-5-3-2-4-6-15/h2-10,17-18,21H,11-13H2,1H3. The third kappa shape index (κ3) is 5.06. The van der Waals surface area contributed by atoms with Gasteiger partial charge in [-0.2, -0.15) is 8.42 Å². The minimum Gasteiger partial charge on any atom is -0.457 e. The number of para-hydroxylation sites is 1. The van der Waals surface area contributed by atoms with Gasteiger partial charge in [-0.05, 0) is 29.8 Å². The third-order valence-corrected chi connectivity index (χ3v) is 4.86. The molecule has 2 aromatic carbocycles. The monoisotopic (exact) mass is 391 g/mol. The van der Waals surface area contributed by atoms with Crippen molar-refractivity contribution in [1.82, 2.24) is 4.90 Å². The van der Waals surface area contributed by atoms with Gasteiger partial charge in [0.25, 0.3) is 10.1 Å². The molecule has 27 heavy (non-hydrogen) atoms. The summed E-state index contributed by atoms with van der Waals surface area (Å²) in [5.74, 6) is 1.13. The van der Waals surface area contributed by atoms with Crippen LogP contribution in [0.1, 0.15) is 12.0 Å². The number of likely N-dealkylation sites (tertiary alicyclic amines) is 1. The maximum absolute atomic E-state index is 12.3. The zero-order valence-electron chi connectivity index (χ0n) is 14.8. The summed E-state index contributed by atoms with van der Waals surface area (Å²) >= 11 is 0. The molecule has 0 aromatic heterocycles. The highest BCUT2D eigenvalue weighted by Crippen LogP contribution is 2.27. The van der Waals surface area contributed by atoms with Crippen molar-refractivity contribution in [2.45, 2.75) is 25.1 Å². The van der Waals surface area contributed by atoms with E-state index >= 15 is 0 Å². The zero-order chi connectivity index (χ0) is 19.4. The summed E-state index contributed by atoms with van der Waals surface area (Å²) < 4.78 is 33.4. The van der Waals surface area contributed by atoms with Crippen molar-refractivity contribution in [2.24, 2.45) is 0 Å². The molecule has 1 saturated heterocycles. The van der Waals surface area contributed by atoms with Crippen LogP contribution in [0.5, 0.6) is 11.5 Å². The maximum Gasteiger partial charge on any atom is 0.264 e. The largest absolute Gasteiger partial charge is 0.457 e. The molecule has 1 aliphatic rings. The molecule has 0 aliphatic carbocycles. The second-order valence-electron chi connectivity index (χ2n) is 6.37. The summed E-state index contributed by atoms with van der Waals surface area (Å²) in [4.78, 5) is 13.7. The number of ether oxygens (including phenoxy) is 1. The van der Waals surface area contributed by atoms with Crippen molar-refractivity contribution < 1.29 is 27.2 Å². The van der Waals surface area contributed by atoms with Gasteiger partial charge in [0.15, 0.2) is 0 Å². The number of hydrogen-bond acceptors (Lipinski definition) is 6. The average molecular weight is 391 g/mol. The summed E-state index contributed by atoms with van der Waals surface area (Å²) in [6.45, 7) is -0.125. The van der Waals surface area contributed by atoms with Crippen molar-refractivity contribution in [3.05, 3.63) is 60.2 Å². The fourth-order valence-electron chi connectivity index (χ4n) is 3.04. The Morgan fingerprint density at radius 3 is 2.30 bits per heavy atom. The molecule has 7 nitrogen and oxygen atoms in total. The van der Waals surface area contributed by atoms with Crippen LogP contribution in [0.25, 0.3) is 0 Å². The summed E-state index contributed by atoms with van der Waals surface area (Å²) in [6.07, 6.45) is -0.0220. The van der Waals surface area contributed by atoms with E-state index in [-0.39, 0.29) is 25.5 Å². The summed E-state index contributed by atoms with van der Waals surface area (Å²) in [5.41, 5.74) is 0.835. The van der Waals surface area contributed by atoms with Crippen LogP contribution >= 0.6 is 0 Å². The van der Waals surface area contributed by atoms with Gasteiger partial charge in [0.2, 0.25) is 5.91 Å². The molecule has 0 bridgehead atoms. The Morgan fingerprint density at radius 2 is 1.70 bits per heavy atom. The maximum atomic E-state index is 12.3. The van der Waals surface area contributed by atoms with Crippen LogP contribution in [0.3, 0.4) is 0 Å². The molecular formula is C19H21NO6S. The van der Waals surface area contributed by atoms with Crippen LogP contribution in [0.15, 0.2) is 54.6 Å². The summed E-state index contributed by atoms with van der Waals surface area (Å²) in [7, 11) is -3.71. The van der Waals surface area contributed by atoms with E-state index in [0.717, 1.165) is 17.6 Å². The van der Waals surface area contributed by atoms with Crippen molar-refractivity contribution >= 4 is 16.0 Å². The number of hydrogen-bond donors (Lipinski definition) is 1. The normalized spacial score (nSPS) is 20.1. The van der Waals surface area contributed by atoms with Crippen LogP contribution in [0.4, 0.5) is 0 Å². The number of rotatable bonds is 7. The SMILES string of the molecule is CS(=O)(=O)OC1CC(=O)N(Cc2ccc(Oc3ccccc3)cc2)C1CO. The minimum atomic E-state index is -3.71. The minimum absolute atomic E-state index is 0.0759. The lowest BCUT2D eigenvalue weighted by Gasteiger charge is -2.26. The van der Waals surface area contributed by atoms with Gasteiger partial charge >= 0.3 is 0 Å². The lowest BCUT2D eigenvalue weighted by atomic mass is 10.1. The van der Waals surface area contributed by atoms with Gasteiger partial charge < -0.3 is 14.7 Å². The van der Waals surface area contributed by atoms with Crippen LogP contribution in [0.2, 0.25) is 0 Å². The van der Waals surface area contributed by atoms with Crippen LogP contribution in [-0.4, -0.2) is 49.3 Å². The van der Waals surface area contributed by atoms with Crippen molar-refractivity contribution in [2.75, 3.05) is 12.9 Å². The first-order chi connectivity index (χ1) is 12.9. The number of amides is 1. The number of aliphatic hydroxyl groups excluding tert-OH is 1. The molecule has 8 heteroatoms. The number of aliphatic hydroxyl groups is 1. The van der Waals surface area contributed by atoms with E-state index in [4.69, 9.17) is 8.92 Å². The van der Waals surface area contributed by atoms with Crippen LogP contribution in [0, 0.1) is 0 Å². The molecule has 1 N–H and O–H groups in total. The second-order valence-corrected chi connectivity index (χ2v) is 7.97. The fraction of sp³-hybridized carbons (Fsp3) is 0.316. The van der Waals surface area contributed by atoms with Gasteiger partial charge in [-0.3, -0.25) is 8.98 Å². The highest BCUT2D eigenvalue weighted by molar-refractivity contribution is 7.86. The Labute approximate surface area is 158 Å². The number of carbonyl (C=O) groups is 1. The highest BCUT2D eigenvalue weighted by Gasteiger charge is 2.41. The van der Waals surface area contributed by atoms with Gasteiger partial charge in [-0.1, -0.05) is 30.3 Å². The van der Waals surface area contributed by atoms with E-state index < -0.39 is 22.3 Å². The van der Waals surface area contributed by atoms with E-state index in [1.807, 2.05) is 42.5 Å². The smallest absolute Gasteiger partial charge is 0.264 e. The van der Waals surface area contributed by atoms with E-state index in [1.165, 1.54) is 4.90 Å². The fourth-order valence-corrected chi connectivity index (χ4v) is 3.68. The third-order valence-electron chi connectivity index (χ3n) is 4.27. The molecule has 1 heterocycles. The number of benzene rings is 2. The van der Waals surface area contributed by atoms with E-state index in [9.17, 15) is 18.3 Å². The Hall–Kier alpha value is -2.42. The Morgan fingerprint density at radius 1 is 1.07 bits per heavy atom. The zero-order valence-corrected chi connectivity index (χ0v) is 15.6. The molecule has 2 atom stereocenters. The van der Waals surface area contributed by atoms with Crippen LogP contribution in [-0.2, 0) is 25.6 Å². The predicted octanol–water partition coefficient (Wildman–Crippen LogP) is 1.92. The lowest BCUT2D eigenvalue weighted by molar-refractivity contribution is -0.130. The molecule has 1 aliphatic heterocycles. The molecule has 1 fully saturated rings. The molecule has 0 spiro atoms. The van der Waals surface area contributed by atoms with Gasteiger partial charge in [-0.25, -0.2) is 0 Å². The molecule has 0 radical (unpaired) electrons. The Kier molecular flexibility index (Phi) is 5.79. The molecule has 3 rings (SSSR count). The average Bonchev–Trinajstić information content (AvgIpc) is 2.90. The molecule has 0 saturated carbocycles. The molecular weight excluding hydrogens is 370 g/mol. The summed E-state index contributed by atoms with van der Waals surface area (Å²) in [5, 5.41) is 9.62. The van der Waals surface area contributed by atoms with Crippen molar-refractivity contribution in [3.8, 4) is 11.5 Å². The van der Waals surface area contributed by atoms with Gasteiger partial charge in [0, 0.05) is 6.54 Å². The number of carbonyl (C=O) groups excluding carboxylic acids is 1.